The van der Waals surface area contributed by atoms with Gasteiger partial charge in [0.2, 0.25) is 5.91 Å². The van der Waals surface area contributed by atoms with Gasteiger partial charge in [-0.15, -0.1) is 0 Å². The van der Waals surface area contributed by atoms with E-state index in [1.54, 1.807) is 48.5 Å². The fourth-order valence-electron chi connectivity index (χ4n) is 2.65. The summed E-state index contributed by atoms with van der Waals surface area (Å²) in [6.45, 7) is 0.415. The lowest BCUT2D eigenvalue weighted by molar-refractivity contribution is -0.149. The van der Waals surface area contributed by atoms with E-state index in [9.17, 15) is 19.2 Å². The van der Waals surface area contributed by atoms with Crippen LogP contribution in [0, 0.1) is 0 Å². The van der Waals surface area contributed by atoms with Gasteiger partial charge in [0.05, 0.1) is 11.4 Å². The number of rotatable bonds is 6. The minimum absolute atomic E-state index is 0.0718. The average molecular weight is 382 g/mol. The van der Waals surface area contributed by atoms with Gasteiger partial charge in [-0.05, 0) is 43.3 Å². The van der Waals surface area contributed by atoms with Crippen LogP contribution in [0.25, 0.3) is 0 Å². The molecule has 8 nitrogen and oxygen atoms in total. The topological polar surface area (TPSA) is 102 Å². The van der Waals surface area contributed by atoms with Crippen molar-refractivity contribution in [3.8, 4) is 5.75 Å². The zero-order valence-electron chi connectivity index (χ0n) is 15.1. The van der Waals surface area contributed by atoms with Gasteiger partial charge in [0.15, 0.2) is 19.0 Å². The fourth-order valence-corrected chi connectivity index (χ4v) is 2.65. The molecule has 2 aromatic carbocycles. The number of para-hydroxylation sites is 2. The van der Waals surface area contributed by atoms with E-state index in [4.69, 9.17) is 9.47 Å². The molecule has 0 unspecified atom stereocenters. The van der Waals surface area contributed by atoms with Gasteiger partial charge in [-0.2, -0.15) is 0 Å². The molecule has 1 aliphatic rings. The fraction of sp³-hybridized carbons (Fsp3) is 0.200. The Balaban J connectivity index is 1.51. The van der Waals surface area contributed by atoms with Crippen LogP contribution < -0.4 is 15.0 Å². The molecule has 1 heterocycles. The van der Waals surface area contributed by atoms with Crippen molar-refractivity contribution in [2.45, 2.75) is 6.92 Å². The SMILES string of the molecule is CC(=O)c1ccc(OCC(=O)OCC(=O)N2CC(=O)Nc3ccccc32)cc1. The molecule has 3 rings (SSSR count). The van der Waals surface area contributed by atoms with Crippen molar-refractivity contribution in [3.05, 3.63) is 54.1 Å². The normalized spacial score (nSPS) is 12.6. The number of esters is 1. The second-order valence-electron chi connectivity index (χ2n) is 6.08. The first-order valence-corrected chi connectivity index (χ1v) is 8.52. The molecule has 0 spiro atoms. The number of fused-ring (bicyclic) bond motifs is 1. The minimum Gasteiger partial charge on any atom is -0.482 e. The highest BCUT2D eigenvalue weighted by molar-refractivity contribution is 6.10. The van der Waals surface area contributed by atoms with Crippen LogP contribution in [-0.4, -0.2) is 43.3 Å². The molecule has 8 heteroatoms. The summed E-state index contributed by atoms with van der Waals surface area (Å²) in [5.41, 5.74) is 1.60. The van der Waals surface area contributed by atoms with Crippen LogP contribution in [-0.2, 0) is 19.1 Å². The van der Waals surface area contributed by atoms with E-state index in [1.165, 1.54) is 11.8 Å². The van der Waals surface area contributed by atoms with Gasteiger partial charge < -0.3 is 14.8 Å². The first kappa shape index (κ1) is 19.1. The van der Waals surface area contributed by atoms with Crippen molar-refractivity contribution in [2.75, 3.05) is 30.0 Å². The Morgan fingerprint density at radius 3 is 2.46 bits per heavy atom. The zero-order chi connectivity index (χ0) is 20.1. The van der Waals surface area contributed by atoms with Crippen molar-refractivity contribution >= 4 is 34.9 Å². The Morgan fingerprint density at radius 2 is 1.75 bits per heavy atom. The lowest BCUT2D eigenvalue weighted by atomic mass is 10.1. The Hall–Kier alpha value is -3.68. The summed E-state index contributed by atoms with van der Waals surface area (Å²) < 4.78 is 10.2. The molecule has 0 saturated carbocycles. The third kappa shape index (κ3) is 4.53. The zero-order valence-corrected chi connectivity index (χ0v) is 15.1. The maximum atomic E-state index is 12.4. The summed E-state index contributed by atoms with van der Waals surface area (Å²) in [4.78, 5) is 48.5. The molecule has 0 atom stereocenters. The minimum atomic E-state index is -0.723. The van der Waals surface area contributed by atoms with Gasteiger partial charge in [0.1, 0.15) is 12.3 Å². The summed E-state index contributed by atoms with van der Waals surface area (Å²) in [5.74, 6) is -1.23. The van der Waals surface area contributed by atoms with Crippen LogP contribution in [0.5, 0.6) is 5.75 Å². The van der Waals surface area contributed by atoms with Crippen LogP contribution >= 0.6 is 0 Å². The first-order valence-electron chi connectivity index (χ1n) is 8.52. The van der Waals surface area contributed by atoms with Gasteiger partial charge in [-0.25, -0.2) is 4.79 Å². The van der Waals surface area contributed by atoms with E-state index >= 15 is 0 Å². The Labute approximate surface area is 161 Å². The summed E-state index contributed by atoms with van der Waals surface area (Å²) in [6, 6.07) is 13.2. The Morgan fingerprint density at radius 1 is 1.04 bits per heavy atom. The average Bonchev–Trinajstić information content (AvgIpc) is 2.70. The van der Waals surface area contributed by atoms with Crippen LogP contribution in [0.15, 0.2) is 48.5 Å². The molecule has 1 N–H and O–H groups in total. The maximum Gasteiger partial charge on any atom is 0.344 e. The maximum absolute atomic E-state index is 12.4. The van der Waals surface area contributed by atoms with Crippen LogP contribution in [0.4, 0.5) is 11.4 Å². The number of nitrogens with zero attached hydrogens (tertiary/aromatic N) is 1. The third-order valence-electron chi connectivity index (χ3n) is 4.05. The molecule has 0 bridgehead atoms. The molecule has 0 fully saturated rings. The number of hydrogen-bond acceptors (Lipinski definition) is 6. The highest BCUT2D eigenvalue weighted by Crippen LogP contribution is 2.28. The molecule has 2 aromatic rings. The third-order valence-corrected chi connectivity index (χ3v) is 4.05. The summed E-state index contributed by atoms with van der Waals surface area (Å²) in [5, 5.41) is 2.68. The van der Waals surface area contributed by atoms with Gasteiger partial charge >= 0.3 is 5.97 Å². The molecule has 1 aliphatic heterocycles. The number of hydrogen-bond donors (Lipinski definition) is 1. The van der Waals surface area contributed by atoms with Gasteiger partial charge in [0.25, 0.3) is 5.91 Å². The standard InChI is InChI=1S/C20H18N2O6/c1-13(23)14-6-8-15(9-7-14)27-12-20(26)28-11-19(25)22-10-18(24)21-16-4-2-3-5-17(16)22/h2-9H,10-12H2,1H3,(H,21,24). The highest BCUT2D eigenvalue weighted by atomic mass is 16.6. The van der Waals surface area contributed by atoms with E-state index in [2.05, 4.69) is 5.32 Å². The van der Waals surface area contributed by atoms with Gasteiger partial charge in [-0.1, -0.05) is 12.1 Å². The molecule has 0 radical (unpaired) electrons. The predicted octanol–water partition coefficient (Wildman–Crippen LogP) is 1.80. The largest absolute Gasteiger partial charge is 0.482 e. The number of benzene rings is 2. The van der Waals surface area contributed by atoms with Crippen molar-refractivity contribution in [1.82, 2.24) is 0 Å². The summed E-state index contributed by atoms with van der Waals surface area (Å²) in [6.07, 6.45) is 0. The molecular weight excluding hydrogens is 364 g/mol. The molecule has 0 saturated heterocycles. The molecule has 28 heavy (non-hydrogen) atoms. The van der Waals surface area contributed by atoms with Crippen LogP contribution in [0.1, 0.15) is 17.3 Å². The number of carbonyl (C=O) groups is 4. The lowest BCUT2D eigenvalue weighted by Crippen LogP contribution is -2.44. The number of carbonyl (C=O) groups excluding carboxylic acids is 4. The molecule has 144 valence electrons. The van der Waals surface area contributed by atoms with Crippen molar-refractivity contribution in [3.63, 3.8) is 0 Å². The van der Waals surface area contributed by atoms with E-state index in [-0.39, 0.29) is 24.8 Å². The number of anilines is 2. The van der Waals surface area contributed by atoms with Gasteiger partial charge in [-0.3, -0.25) is 19.3 Å². The summed E-state index contributed by atoms with van der Waals surface area (Å²) in [7, 11) is 0. The van der Waals surface area contributed by atoms with Crippen LogP contribution in [0.3, 0.4) is 0 Å². The van der Waals surface area contributed by atoms with Crippen molar-refractivity contribution in [2.24, 2.45) is 0 Å². The molecule has 2 amide bonds. The number of ether oxygens (including phenoxy) is 2. The number of ketones is 1. The van der Waals surface area contributed by atoms with E-state index in [0.717, 1.165) is 0 Å². The molecule has 0 aromatic heterocycles. The monoisotopic (exact) mass is 382 g/mol. The van der Waals surface area contributed by atoms with E-state index in [1.807, 2.05) is 0 Å². The smallest absolute Gasteiger partial charge is 0.344 e. The Kier molecular flexibility index (Phi) is 5.69. The van der Waals surface area contributed by atoms with Crippen molar-refractivity contribution < 1.29 is 28.7 Å². The number of amides is 2. The quantitative estimate of drug-likeness (QED) is 0.604. The van der Waals surface area contributed by atoms with E-state index in [0.29, 0.717) is 22.7 Å². The Bertz CT molecular complexity index is 923. The molecule has 0 aliphatic carbocycles. The highest BCUT2D eigenvalue weighted by Gasteiger charge is 2.27. The van der Waals surface area contributed by atoms with Crippen molar-refractivity contribution in [1.29, 1.82) is 0 Å². The lowest BCUT2D eigenvalue weighted by Gasteiger charge is -2.28. The number of Topliss-reactive ketones (excluding diaryl/α,β-unsaturated/α-hetero) is 1. The number of nitrogens with one attached hydrogen (secondary N) is 1. The summed E-state index contributed by atoms with van der Waals surface area (Å²) >= 11 is 0. The van der Waals surface area contributed by atoms with E-state index < -0.39 is 18.5 Å². The second kappa shape index (κ2) is 8.34. The predicted molar refractivity (Wildman–Crippen MR) is 100 cm³/mol. The second-order valence-corrected chi connectivity index (χ2v) is 6.08. The van der Waals surface area contributed by atoms with Crippen LogP contribution in [0.2, 0.25) is 0 Å². The first-order chi connectivity index (χ1) is 13.4. The van der Waals surface area contributed by atoms with Gasteiger partial charge in [0, 0.05) is 5.56 Å². The molecular formula is C20H18N2O6.